The van der Waals surface area contributed by atoms with Gasteiger partial charge in [0.05, 0.1) is 12.5 Å². The minimum Gasteiger partial charge on any atom is -0.466 e. The van der Waals surface area contributed by atoms with Crippen molar-refractivity contribution in [3.05, 3.63) is 0 Å². The van der Waals surface area contributed by atoms with E-state index in [2.05, 4.69) is 38.1 Å². The van der Waals surface area contributed by atoms with Gasteiger partial charge in [0.2, 0.25) is 0 Å². The standard InChI is InChI=1S/C12H26N2O2/c1-7-16-12(15)11(6)8-14(10(4)5)13-9(2)3/h9-11,13H,7-8H2,1-6H3. The van der Waals surface area contributed by atoms with E-state index < -0.39 is 0 Å². The van der Waals surface area contributed by atoms with Gasteiger partial charge in [0.25, 0.3) is 0 Å². The molecule has 0 aromatic carbocycles. The van der Waals surface area contributed by atoms with Gasteiger partial charge in [-0.25, -0.2) is 5.01 Å². The Bertz CT molecular complexity index is 205. The molecule has 1 unspecified atom stereocenters. The van der Waals surface area contributed by atoms with E-state index in [1.54, 1.807) is 0 Å². The van der Waals surface area contributed by atoms with E-state index >= 15 is 0 Å². The van der Waals surface area contributed by atoms with E-state index in [1.807, 2.05) is 13.8 Å². The van der Waals surface area contributed by atoms with Crippen LogP contribution in [0, 0.1) is 5.92 Å². The zero-order chi connectivity index (χ0) is 12.7. The predicted octanol–water partition coefficient (Wildman–Crippen LogP) is 1.81. The van der Waals surface area contributed by atoms with E-state index in [4.69, 9.17) is 4.74 Å². The smallest absolute Gasteiger partial charge is 0.309 e. The van der Waals surface area contributed by atoms with Gasteiger partial charge in [-0.05, 0) is 34.6 Å². The van der Waals surface area contributed by atoms with Crippen molar-refractivity contribution in [3.8, 4) is 0 Å². The van der Waals surface area contributed by atoms with Crippen LogP contribution in [0.15, 0.2) is 0 Å². The Kier molecular flexibility index (Phi) is 7.34. The van der Waals surface area contributed by atoms with Gasteiger partial charge < -0.3 is 4.74 Å². The molecule has 0 rings (SSSR count). The third kappa shape index (κ3) is 6.08. The molecule has 0 aliphatic rings. The van der Waals surface area contributed by atoms with Crippen LogP contribution in [0.3, 0.4) is 0 Å². The zero-order valence-electron chi connectivity index (χ0n) is 11.4. The van der Waals surface area contributed by atoms with E-state index in [1.165, 1.54) is 0 Å². The molecule has 1 atom stereocenters. The first kappa shape index (κ1) is 15.4. The summed E-state index contributed by atoms with van der Waals surface area (Å²) in [5, 5.41) is 2.09. The number of hydrogen-bond donors (Lipinski definition) is 1. The summed E-state index contributed by atoms with van der Waals surface area (Å²) in [5.74, 6) is -0.229. The van der Waals surface area contributed by atoms with Crippen molar-refractivity contribution in [1.29, 1.82) is 0 Å². The molecular weight excluding hydrogens is 204 g/mol. The zero-order valence-corrected chi connectivity index (χ0v) is 11.4. The summed E-state index contributed by atoms with van der Waals surface area (Å²) in [6.07, 6.45) is 0. The Morgan fingerprint density at radius 1 is 1.25 bits per heavy atom. The summed E-state index contributed by atoms with van der Waals surface area (Å²) in [6.45, 7) is 13.2. The fourth-order valence-corrected chi connectivity index (χ4v) is 1.40. The highest BCUT2D eigenvalue weighted by Gasteiger charge is 2.20. The number of hydrogen-bond acceptors (Lipinski definition) is 4. The maximum Gasteiger partial charge on any atom is 0.309 e. The average molecular weight is 230 g/mol. The van der Waals surface area contributed by atoms with E-state index in [0.717, 1.165) is 0 Å². The van der Waals surface area contributed by atoms with Crippen LogP contribution in [0.1, 0.15) is 41.5 Å². The molecule has 0 spiro atoms. The summed E-state index contributed by atoms with van der Waals surface area (Å²) in [7, 11) is 0. The Labute approximate surface area is 99.3 Å². The summed E-state index contributed by atoms with van der Waals surface area (Å²) in [4.78, 5) is 11.5. The van der Waals surface area contributed by atoms with Gasteiger partial charge >= 0.3 is 5.97 Å². The SMILES string of the molecule is CCOC(=O)C(C)CN(NC(C)C)C(C)C. The lowest BCUT2D eigenvalue weighted by atomic mass is 10.1. The second-order valence-corrected chi connectivity index (χ2v) is 4.68. The van der Waals surface area contributed by atoms with Crippen LogP contribution in [-0.4, -0.2) is 36.2 Å². The van der Waals surface area contributed by atoms with E-state index in [-0.39, 0.29) is 11.9 Å². The molecule has 0 aromatic heterocycles. The quantitative estimate of drug-likeness (QED) is 0.535. The minimum atomic E-state index is -0.126. The molecule has 4 heteroatoms. The molecule has 0 aliphatic heterocycles. The van der Waals surface area contributed by atoms with Crippen molar-refractivity contribution in [2.45, 2.75) is 53.6 Å². The molecule has 4 nitrogen and oxygen atoms in total. The van der Waals surface area contributed by atoms with Crippen LogP contribution in [-0.2, 0) is 9.53 Å². The third-order valence-electron chi connectivity index (χ3n) is 2.21. The molecule has 0 fully saturated rings. The molecule has 0 amide bonds. The van der Waals surface area contributed by atoms with Crippen LogP contribution >= 0.6 is 0 Å². The molecule has 96 valence electrons. The molecule has 16 heavy (non-hydrogen) atoms. The number of rotatable bonds is 7. The second kappa shape index (κ2) is 7.63. The molecule has 0 saturated carbocycles. The highest BCUT2D eigenvalue weighted by atomic mass is 16.5. The van der Waals surface area contributed by atoms with Crippen molar-refractivity contribution in [2.24, 2.45) is 5.92 Å². The molecule has 0 radical (unpaired) electrons. The number of nitrogens with one attached hydrogen (secondary N) is 1. The summed E-state index contributed by atoms with van der Waals surface area (Å²) in [5.41, 5.74) is 3.33. The van der Waals surface area contributed by atoms with Crippen molar-refractivity contribution in [1.82, 2.24) is 10.4 Å². The lowest BCUT2D eigenvalue weighted by Gasteiger charge is -2.31. The number of hydrazine groups is 1. The van der Waals surface area contributed by atoms with Gasteiger partial charge in [0.15, 0.2) is 0 Å². The van der Waals surface area contributed by atoms with Gasteiger partial charge in [-0.1, -0.05) is 6.92 Å². The van der Waals surface area contributed by atoms with Gasteiger partial charge in [0.1, 0.15) is 0 Å². The van der Waals surface area contributed by atoms with Crippen LogP contribution in [0.5, 0.6) is 0 Å². The van der Waals surface area contributed by atoms with Crippen molar-refractivity contribution in [2.75, 3.05) is 13.2 Å². The largest absolute Gasteiger partial charge is 0.466 e. The first-order valence-electron chi connectivity index (χ1n) is 6.07. The fraction of sp³-hybridized carbons (Fsp3) is 0.917. The normalized spacial score (nSPS) is 13.6. The van der Waals surface area contributed by atoms with Crippen LogP contribution in [0.25, 0.3) is 0 Å². The van der Waals surface area contributed by atoms with E-state index in [9.17, 15) is 4.79 Å². The Morgan fingerprint density at radius 2 is 1.81 bits per heavy atom. The first-order valence-corrected chi connectivity index (χ1v) is 6.07. The van der Waals surface area contributed by atoms with Gasteiger partial charge in [-0.15, -0.1) is 0 Å². The topological polar surface area (TPSA) is 41.6 Å². The Hall–Kier alpha value is -0.610. The number of carbonyl (C=O) groups excluding carboxylic acids is 1. The molecule has 0 heterocycles. The van der Waals surface area contributed by atoms with Crippen LogP contribution < -0.4 is 5.43 Å². The second-order valence-electron chi connectivity index (χ2n) is 4.68. The van der Waals surface area contributed by atoms with Crippen LogP contribution in [0.4, 0.5) is 0 Å². The predicted molar refractivity (Wildman–Crippen MR) is 65.9 cm³/mol. The minimum absolute atomic E-state index is 0.103. The van der Waals surface area contributed by atoms with Crippen molar-refractivity contribution < 1.29 is 9.53 Å². The highest BCUT2D eigenvalue weighted by molar-refractivity contribution is 5.72. The number of esters is 1. The van der Waals surface area contributed by atoms with Gasteiger partial charge in [-0.2, -0.15) is 0 Å². The third-order valence-corrected chi connectivity index (χ3v) is 2.21. The molecule has 0 saturated heterocycles. The summed E-state index contributed by atoms with van der Waals surface area (Å²) < 4.78 is 5.00. The van der Waals surface area contributed by atoms with Gasteiger partial charge in [-0.3, -0.25) is 10.2 Å². The van der Waals surface area contributed by atoms with Crippen molar-refractivity contribution >= 4 is 5.97 Å². The lowest BCUT2D eigenvalue weighted by Crippen LogP contribution is -2.49. The molecule has 1 N–H and O–H groups in total. The summed E-state index contributed by atoms with van der Waals surface area (Å²) >= 11 is 0. The molecule has 0 bridgehead atoms. The van der Waals surface area contributed by atoms with Crippen molar-refractivity contribution in [3.63, 3.8) is 0 Å². The monoisotopic (exact) mass is 230 g/mol. The first-order chi connectivity index (χ1) is 7.38. The highest BCUT2D eigenvalue weighted by Crippen LogP contribution is 2.05. The Balaban J connectivity index is 4.22. The fourth-order valence-electron chi connectivity index (χ4n) is 1.40. The number of nitrogens with zero attached hydrogens (tertiary/aromatic N) is 1. The number of carbonyl (C=O) groups is 1. The molecule has 0 aliphatic carbocycles. The number of ether oxygens (including phenoxy) is 1. The van der Waals surface area contributed by atoms with Crippen LogP contribution in [0.2, 0.25) is 0 Å². The van der Waals surface area contributed by atoms with E-state index in [0.29, 0.717) is 25.2 Å². The lowest BCUT2D eigenvalue weighted by molar-refractivity contribution is -0.148. The maximum absolute atomic E-state index is 11.5. The molecule has 0 aromatic rings. The molecular formula is C12H26N2O2. The summed E-state index contributed by atoms with van der Waals surface area (Å²) in [6, 6.07) is 0.732. The Morgan fingerprint density at radius 3 is 2.19 bits per heavy atom. The average Bonchev–Trinajstić information content (AvgIpc) is 2.16. The van der Waals surface area contributed by atoms with Gasteiger partial charge in [0, 0.05) is 18.6 Å². The maximum atomic E-state index is 11.5.